The second-order valence-corrected chi connectivity index (χ2v) is 9.43. The van der Waals surface area contributed by atoms with E-state index in [2.05, 4.69) is 19.9 Å². The first-order valence-electron chi connectivity index (χ1n) is 10.5. The SMILES string of the molecule is CC(C)CCCCCOc1cc(=O)oc2cc(SC3CCCCC3)ccc12. The van der Waals surface area contributed by atoms with Crippen LogP contribution in [-0.4, -0.2) is 11.9 Å². The van der Waals surface area contributed by atoms with E-state index in [-0.39, 0.29) is 5.63 Å². The van der Waals surface area contributed by atoms with Crippen LogP contribution < -0.4 is 10.4 Å². The minimum absolute atomic E-state index is 0.336. The van der Waals surface area contributed by atoms with E-state index in [1.165, 1.54) is 62.3 Å². The van der Waals surface area contributed by atoms with Gasteiger partial charge in [0.1, 0.15) is 11.3 Å². The Labute approximate surface area is 166 Å². The van der Waals surface area contributed by atoms with Crippen molar-refractivity contribution in [2.45, 2.75) is 81.8 Å². The highest BCUT2D eigenvalue weighted by Crippen LogP contribution is 2.35. The van der Waals surface area contributed by atoms with E-state index in [4.69, 9.17) is 9.15 Å². The maximum Gasteiger partial charge on any atom is 0.339 e. The number of benzene rings is 1. The van der Waals surface area contributed by atoms with Crippen LogP contribution in [0.2, 0.25) is 0 Å². The second-order valence-electron chi connectivity index (χ2n) is 8.06. The summed E-state index contributed by atoms with van der Waals surface area (Å²) in [7, 11) is 0. The Kier molecular flexibility index (Phi) is 7.69. The molecule has 0 bridgehead atoms. The molecule has 3 nitrogen and oxygen atoms in total. The van der Waals surface area contributed by atoms with Gasteiger partial charge in [-0.2, -0.15) is 0 Å². The predicted octanol–water partition coefficient (Wildman–Crippen LogP) is 6.81. The zero-order valence-electron chi connectivity index (χ0n) is 16.7. The van der Waals surface area contributed by atoms with Gasteiger partial charge >= 0.3 is 5.63 Å². The fraction of sp³-hybridized carbons (Fsp3) is 0.609. The molecular weight excluding hydrogens is 356 g/mol. The Bertz CT molecular complexity index is 775. The van der Waals surface area contributed by atoms with Gasteiger partial charge < -0.3 is 9.15 Å². The van der Waals surface area contributed by atoms with Crippen LogP contribution in [0.1, 0.15) is 71.6 Å². The lowest BCUT2D eigenvalue weighted by atomic mass is 10.0. The summed E-state index contributed by atoms with van der Waals surface area (Å²) in [5.41, 5.74) is 0.301. The highest BCUT2D eigenvalue weighted by atomic mass is 32.2. The first kappa shape index (κ1) is 20.3. The van der Waals surface area contributed by atoms with Crippen molar-refractivity contribution in [3.05, 3.63) is 34.7 Å². The Morgan fingerprint density at radius 2 is 1.93 bits per heavy atom. The quantitative estimate of drug-likeness (QED) is 0.349. The summed E-state index contributed by atoms with van der Waals surface area (Å²) in [4.78, 5) is 13.1. The molecule has 1 aliphatic carbocycles. The summed E-state index contributed by atoms with van der Waals surface area (Å²) in [6.07, 6.45) is 11.3. The summed E-state index contributed by atoms with van der Waals surface area (Å²) >= 11 is 1.92. The van der Waals surface area contributed by atoms with Gasteiger partial charge in [0.05, 0.1) is 18.1 Å². The van der Waals surface area contributed by atoms with Crippen LogP contribution in [0.15, 0.2) is 38.4 Å². The maximum absolute atomic E-state index is 12.0. The third-order valence-corrected chi connectivity index (χ3v) is 6.55. The lowest BCUT2D eigenvalue weighted by molar-refractivity contribution is 0.304. The molecule has 1 saturated carbocycles. The van der Waals surface area contributed by atoms with Crippen molar-refractivity contribution in [3.8, 4) is 5.75 Å². The molecule has 0 atom stereocenters. The fourth-order valence-electron chi connectivity index (χ4n) is 3.69. The highest BCUT2D eigenvalue weighted by molar-refractivity contribution is 8.00. The van der Waals surface area contributed by atoms with Crippen molar-refractivity contribution >= 4 is 22.7 Å². The zero-order valence-corrected chi connectivity index (χ0v) is 17.5. The van der Waals surface area contributed by atoms with E-state index < -0.39 is 0 Å². The minimum Gasteiger partial charge on any atom is -0.493 e. The number of rotatable bonds is 9. The van der Waals surface area contributed by atoms with Crippen LogP contribution in [0.5, 0.6) is 5.75 Å². The Morgan fingerprint density at radius 1 is 1.11 bits per heavy atom. The third-order valence-electron chi connectivity index (χ3n) is 5.22. The van der Waals surface area contributed by atoms with Crippen molar-refractivity contribution in [3.63, 3.8) is 0 Å². The predicted molar refractivity (Wildman–Crippen MR) is 114 cm³/mol. The van der Waals surface area contributed by atoms with Crippen molar-refractivity contribution in [2.75, 3.05) is 6.61 Å². The number of unbranched alkanes of at least 4 members (excludes halogenated alkanes) is 2. The molecule has 1 heterocycles. The molecule has 0 N–H and O–H groups in total. The molecule has 2 aromatic rings. The number of hydrogen-bond donors (Lipinski definition) is 0. The van der Waals surface area contributed by atoms with Gasteiger partial charge in [-0.3, -0.25) is 0 Å². The van der Waals surface area contributed by atoms with Crippen molar-refractivity contribution in [2.24, 2.45) is 5.92 Å². The maximum atomic E-state index is 12.0. The molecular formula is C23H32O3S. The van der Waals surface area contributed by atoms with Crippen LogP contribution in [0, 0.1) is 5.92 Å². The van der Waals surface area contributed by atoms with Crippen LogP contribution in [0.25, 0.3) is 11.0 Å². The Hall–Kier alpha value is -1.42. The Morgan fingerprint density at radius 3 is 2.70 bits per heavy atom. The first-order valence-corrected chi connectivity index (χ1v) is 11.4. The van der Waals surface area contributed by atoms with Gasteiger partial charge in [-0.15, -0.1) is 11.8 Å². The lowest BCUT2D eigenvalue weighted by Gasteiger charge is -2.21. The molecule has 1 aromatic carbocycles. The molecule has 0 unspecified atom stereocenters. The molecule has 0 saturated heterocycles. The van der Waals surface area contributed by atoms with Gasteiger partial charge in [-0.05, 0) is 43.4 Å². The molecule has 0 aliphatic heterocycles. The number of ether oxygens (including phenoxy) is 1. The van der Waals surface area contributed by atoms with Crippen molar-refractivity contribution in [1.82, 2.24) is 0 Å². The highest BCUT2D eigenvalue weighted by Gasteiger charge is 2.15. The molecule has 1 fully saturated rings. The fourth-order valence-corrected chi connectivity index (χ4v) is 4.97. The monoisotopic (exact) mass is 388 g/mol. The summed E-state index contributed by atoms with van der Waals surface area (Å²) in [5, 5.41) is 1.58. The van der Waals surface area contributed by atoms with E-state index in [1.54, 1.807) is 0 Å². The largest absolute Gasteiger partial charge is 0.493 e. The van der Waals surface area contributed by atoms with E-state index in [1.807, 2.05) is 23.9 Å². The van der Waals surface area contributed by atoms with Crippen LogP contribution in [0.3, 0.4) is 0 Å². The summed E-state index contributed by atoms with van der Waals surface area (Å²) in [6.45, 7) is 5.16. The lowest BCUT2D eigenvalue weighted by Crippen LogP contribution is -2.07. The average molecular weight is 389 g/mol. The smallest absolute Gasteiger partial charge is 0.339 e. The second kappa shape index (κ2) is 10.2. The average Bonchev–Trinajstić information content (AvgIpc) is 2.64. The van der Waals surface area contributed by atoms with Gasteiger partial charge in [-0.1, -0.05) is 52.4 Å². The number of hydrogen-bond acceptors (Lipinski definition) is 4. The molecule has 0 radical (unpaired) electrons. The van der Waals surface area contributed by atoms with E-state index >= 15 is 0 Å². The van der Waals surface area contributed by atoms with E-state index in [9.17, 15) is 4.79 Å². The van der Waals surface area contributed by atoms with Crippen molar-refractivity contribution < 1.29 is 9.15 Å². The molecule has 0 spiro atoms. The molecule has 148 valence electrons. The molecule has 0 amide bonds. The third kappa shape index (κ3) is 6.31. The number of thioether (sulfide) groups is 1. The van der Waals surface area contributed by atoms with Gasteiger partial charge in [0.15, 0.2) is 0 Å². The van der Waals surface area contributed by atoms with Gasteiger partial charge in [0.25, 0.3) is 0 Å². The van der Waals surface area contributed by atoms with E-state index in [0.717, 1.165) is 17.7 Å². The van der Waals surface area contributed by atoms with Crippen LogP contribution in [-0.2, 0) is 0 Å². The summed E-state index contributed by atoms with van der Waals surface area (Å²) in [6, 6.07) is 7.66. The topological polar surface area (TPSA) is 39.4 Å². The number of fused-ring (bicyclic) bond motifs is 1. The zero-order chi connectivity index (χ0) is 19.1. The normalized spacial score (nSPS) is 15.5. The summed E-state index contributed by atoms with van der Waals surface area (Å²) in [5.74, 6) is 1.41. The first-order chi connectivity index (χ1) is 13.1. The molecule has 1 aliphatic rings. The van der Waals surface area contributed by atoms with Gasteiger partial charge in [0, 0.05) is 10.1 Å². The minimum atomic E-state index is -0.336. The molecule has 1 aromatic heterocycles. The van der Waals surface area contributed by atoms with Gasteiger partial charge in [-0.25, -0.2) is 4.79 Å². The van der Waals surface area contributed by atoms with Crippen LogP contribution in [0.4, 0.5) is 0 Å². The van der Waals surface area contributed by atoms with Crippen molar-refractivity contribution in [1.29, 1.82) is 0 Å². The molecule has 4 heteroatoms. The van der Waals surface area contributed by atoms with E-state index in [0.29, 0.717) is 23.2 Å². The molecule has 3 rings (SSSR count). The van der Waals surface area contributed by atoms with Gasteiger partial charge in [0.2, 0.25) is 0 Å². The standard InChI is InChI=1S/C23H32O3S/c1-17(2)9-5-4-8-14-25-21-16-23(24)26-22-15-19(12-13-20(21)22)27-18-10-6-3-7-11-18/h12-13,15-18H,3-11,14H2,1-2H3. The van der Waals surface area contributed by atoms with Crippen LogP contribution >= 0.6 is 11.8 Å². The summed E-state index contributed by atoms with van der Waals surface area (Å²) < 4.78 is 11.4. The Balaban J connectivity index is 1.62. The molecule has 27 heavy (non-hydrogen) atoms.